The fourth-order valence-electron chi connectivity index (χ4n) is 4.02. The topological polar surface area (TPSA) is 18.8 Å². The smallest absolute Gasteiger partial charge is 0.138 e. The summed E-state index contributed by atoms with van der Waals surface area (Å²) >= 11 is 3.62. The van der Waals surface area contributed by atoms with Crippen LogP contribution in [0.5, 0.6) is 0 Å². The molecule has 0 amide bonds. The van der Waals surface area contributed by atoms with Crippen molar-refractivity contribution >= 4 is 34.6 Å². The maximum atomic E-state index is 13.9. The second kappa shape index (κ2) is 6.66. The van der Waals surface area contributed by atoms with Crippen molar-refractivity contribution in [3.05, 3.63) is 40.0 Å². The molecule has 0 unspecified atom stereocenters. The Morgan fingerprint density at radius 3 is 2.73 bits per heavy atom. The van der Waals surface area contributed by atoms with Gasteiger partial charge in [-0.2, -0.15) is 0 Å². The summed E-state index contributed by atoms with van der Waals surface area (Å²) in [5, 5.41) is 0. The Balaban J connectivity index is 1.67. The molecule has 2 aromatic rings. The van der Waals surface area contributed by atoms with Crippen LogP contribution in [-0.2, 0) is 12.8 Å². The number of hydrogen-bond donors (Lipinski definition) is 0. The van der Waals surface area contributed by atoms with E-state index in [1.165, 1.54) is 45.5 Å². The van der Waals surface area contributed by atoms with E-state index in [1.54, 1.807) is 17.8 Å². The second-order valence-corrected chi connectivity index (χ2v) is 9.73. The highest BCUT2D eigenvalue weighted by atomic mass is 32.2. The second-order valence-electron chi connectivity index (χ2n) is 7.31. The Kier molecular flexibility index (Phi) is 4.30. The number of amidine groups is 1. The highest BCUT2D eigenvalue weighted by Gasteiger charge is 2.31. The molecule has 5 rings (SSSR count). The minimum atomic E-state index is -0.183. The molecule has 0 radical (unpaired) electrons. The molecule has 6 heteroatoms. The van der Waals surface area contributed by atoms with E-state index in [9.17, 15) is 4.39 Å². The summed E-state index contributed by atoms with van der Waals surface area (Å²) < 4.78 is 15.2. The van der Waals surface area contributed by atoms with Crippen LogP contribution in [0.15, 0.2) is 32.3 Å². The number of piperazine rings is 1. The lowest BCUT2D eigenvalue weighted by Crippen LogP contribution is -2.47. The maximum absolute atomic E-state index is 13.9. The molecule has 1 aliphatic carbocycles. The van der Waals surface area contributed by atoms with E-state index in [4.69, 9.17) is 4.99 Å². The molecule has 0 bridgehead atoms. The van der Waals surface area contributed by atoms with Crippen molar-refractivity contribution < 1.29 is 4.39 Å². The van der Waals surface area contributed by atoms with E-state index >= 15 is 0 Å². The van der Waals surface area contributed by atoms with Gasteiger partial charge in [0.25, 0.3) is 0 Å². The first kappa shape index (κ1) is 16.8. The van der Waals surface area contributed by atoms with Crippen molar-refractivity contribution in [2.24, 2.45) is 4.99 Å². The number of likely N-dealkylation sites (N-methyl/N-ethyl adjacent to an activating group) is 1. The van der Waals surface area contributed by atoms with Gasteiger partial charge < -0.3 is 9.80 Å². The van der Waals surface area contributed by atoms with Crippen LogP contribution in [0.2, 0.25) is 0 Å². The molecule has 1 fully saturated rings. The number of halogens is 1. The van der Waals surface area contributed by atoms with Gasteiger partial charge in [0.2, 0.25) is 0 Å². The Labute approximate surface area is 161 Å². The van der Waals surface area contributed by atoms with Gasteiger partial charge >= 0.3 is 0 Å². The molecule has 0 atom stereocenters. The lowest BCUT2D eigenvalue weighted by atomic mass is 9.95. The third-order valence-corrected chi connectivity index (χ3v) is 8.04. The molecule has 136 valence electrons. The van der Waals surface area contributed by atoms with Crippen molar-refractivity contribution in [1.29, 1.82) is 0 Å². The highest BCUT2D eigenvalue weighted by molar-refractivity contribution is 8.01. The number of nitrogens with zero attached hydrogens (tertiary/aromatic N) is 3. The summed E-state index contributed by atoms with van der Waals surface area (Å²) in [6.07, 6.45) is 4.88. The van der Waals surface area contributed by atoms with Gasteiger partial charge in [0.1, 0.15) is 11.7 Å². The van der Waals surface area contributed by atoms with Crippen LogP contribution in [-0.4, -0.2) is 48.9 Å². The number of benzene rings is 1. The minimum Gasteiger partial charge on any atom is -0.353 e. The number of aryl methyl sites for hydroxylation is 1. The summed E-state index contributed by atoms with van der Waals surface area (Å²) in [6.45, 7) is 4.12. The Bertz CT molecular complexity index is 881. The third-order valence-electron chi connectivity index (χ3n) is 5.52. The van der Waals surface area contributed by atoms with E-state index in [0.29, 0.717) is 0 Å². The number of rotatable bonds is 0. The van der Waals surface area contributed by atoms with Crippen LogP contribution in [0.25, 0.3) is 0 Å². The van der Waals surface area contributed by atoms with E-state index in [0.717, 1.165) is 49.0 Å². The van der Waals surface area contributed by atoms with Gasteiger partial charge in [0, 0.05) is 41.5 Å². The predicted molar refractivity (Wildman–Crippen MR) is 107 cm³/mol. The summed E-state index contributed by atoms with van der Waals surface area (Å²) in [5.74, 6) is 0.933. The first-order valence-electron chi connectivity index (χ1n) is 9.33. The Morgan fingerprint density at radius 2 is 1.88 bits per heavy atom. The van der Waals surface area contributed by atoms with Crippen LogP contribution in [0.4, 0.5) is 10.1 Å². The van der Waals surface area contributed by atoms with Crippen molar-refractivity contribution in [2.75, 3.05) is 33.2 Å². The molecule has 3 nitrogen and oxygen atoms in total. The molecular weight excluding hydrogens is 365 g/mol. The van der Waals surface area contributed by atoms with E-state index in [2.05, 4.69) is 16.8 Å². The molecule has 1 aromatic carbocycles. The number of thiophene rings is 1. The Morgan fingerprint density at radius 1 is 1.08 bits per heavy atom. The first-order chi connectivity index (χ1) is 12.7. The summed E-state index contributed by atoms with van der Waals surface area (Å²) in [7, 11) is 2.18. The molecule has 3 aliphatic rings. The molecule has 0 saturated carbocycles. The molecule has 1 saturated heterocycles. The quantitative estimate of drug-likeness (QED) is 0.661. The Hall–Kier alpha value is -1.37. The molecular formula is C20H22FN3S2. The zero-order chi connectivity index (χ0) is 17.7. The first-order valence-corrected chi connectivity index (χ1v) is 11.0. The van der Waals surface area contributed by atoms with E-state index in [-0.39, 0.29) is 5.82 Å². The summed E-state index contributed by atoms with van der Waals surface area (Å²) in [5.41, 5.74) is 3.75. The van der Waals surface area contributed by atoms with Gasteiger partial charge in [-0.05, 0) is 56.5 Å². The lowest BCUT2D eigenvalue weighted by molar-refractivity contribution is 0.215. The van der Waals surface area contributed by atoms with Gasteiger partial charge in [0.15, 0.2) is 0 Å². The summed E-state index contributed by atoms with van der Waals surface area (Å²) in [4.78, 5) is 12.4. The van der Waals surface area contributed by atoms with Crippen LogP contribution in [0, 0.1) is 5.82 Å². The monoisotopic (exact) mass is 387 g/mol. The SMILES string of the molecule is CN1CCN(C2=Nc3ccc(F)cc3Sc3sc4c(c32)CCCC4)CC1. The van der Waals surface area contributed by atoms with E-state index in [1.807, 2.05) is 17.4 Å². The van der Waals surface area contributed by atoms with Gasteiger partial charge in [-0.1, -0.05) is 11.8 Å². The number of aliphatic imine (C=N–C) groups is 1. The molecule has 0 spiro atoms. The molecule has 3 heterocycles. The van der Waals surface area contributed by atoms with Crippen molar-refractivity contribution in [3.63, 3.8) is 0 Å². The summed E-state index contributed by atoms with van der Waals surface area (Å²) in [6, 6.07) is 5.00. The van der Waals surface area contributed by atoms with Gasteiger partial charge in [-0.25, -0.2) is 9.38 Å². The van der Waals surface area contributed by atoms with Crippen LogP contribution < -0.4 is 0 Å². The normalized spacial score (nSPS) is 20.1. The highest BCUT2D eigenvalue weighted by Crippen LogP contribution is 2.48. The largest absolute Gasteiger partial charge is 0.353 e. The van der Waals surface area contributed by atoms with Crippen LogP contribution in [0.1, 0.15) is 28.8 Å². The fourth-order valence-corrected chi connectivity index (χ4v) is 6.78. The van der Waals surface area contributed by atoms with E-state index < -0.39 is 0 Å². The van der Waals surface area contributed by atoms with Crippen LogP contribution >= 0.6 is 23.1 Å². The minimum absolute atomic E-state index is 0.183. The molecule has 26 heavy (non-hydrogen) atoms. The zero-order valence-electron chi connectivity index (χ0n) is 14.9. The maximum Gasteiger partial charge on any atom is 0.138 e. The molecule has 2 aliphatic heterocycles. The molecule has 0 N–H and O–H groups in total. The average molecular weight is 388 g/mol. The molecule has 1 aromatic heterocycles. The number of fused-ring (bicyclic) bond motifs is 4. The van der Waals surface area contributed by atoms with Gasteiger partial charge in [0.05, 0.1) is 9.90 Å². The van der Waals surface area contributed by atoms with Crippen molar-refractivity contribution in [2.45, 2.75) is 34.8 Å². The third kappa shape index (κ3) is 2.88. The van der Waals surface area contributed by atoms with Crippen LogP contribution in [0.3, 0.4) is 0 Å². The predicted octanol–water partition coefficient (Wildman–Crippen LogP) is 4.56. The zero-order valence-corrected chi connectivity index (χ0v) is 16.6. The van der Waals surface area contributed by atoms with Crippen molar-refractivity contribution in [3.8, 4) is 0 Å². The van der Waals surface area contributed by atoms with Crippen molar-refractivity contribution in [1.82, 2.24) is 9.80 Å². The lowest BCUT2D eigenvalue weighted by Gasteiger charge is -2.35. The van der Waals surface area contributed by atoms with Gasteiger partial charge in [-0.3, -0.25) is 0 Å². The fraction of sp³-hybridized carbons (Fsp3) is 0.450. The number of hydrogen-bond acceptors (Lipinski definition) is 5. The average Bonchev–Trinajstić information content (AvgIpc) is 2.92. The van der Waals surface area contributed by atoms with Gasteiger partial charge in [-0.15, -0.1) is 11.3 Å². The standard InChI is InChI=1S/C20H22FN3S2/c1-23-8-10-24(11-9-23)19-18-14-4-2-3-5-16(14)25-20(18)26-17-12-13(21)6-7-15(17)22-19/h6-7,12H,2-5,8-11H2,1H3.